The van der Waals surface area contributed by atoms with E-state index in [4.69, 9.17) is 0 Å². The van der Waals surface area contributed by atoms with Crippen molar-refractivity contribution in [2.45, 2.75) is 0 Å². The molecular formula is C7H5N3O. The van der Waals surface area contributed by atoms with Crippen molar-refractivity contribution in [1.29, 1.82) is 0 Å². The second-order valence-corrected chi connectivity index (χ2v) is 2.15. The summed E-state index contributed by atoms with van der Waals surface area (Å²) in [4.78, 5) is 21.0. The summed E-state index contributed by atoms with van der Waals surface area (Å²) in [6, 6.07) is 3.14. The van der Waals surface area contributed by atoms with Gasteiger partial charge in [-0.25, -0.2) is 9.97 Å². The van der Waals surface area contributed by atoms with Gasteiger partial charge in [0.1, 0.15) is 12.0 Å². The maximum absolute atomic E-state index is 10.8. The molecule has 11 heavy (non-hydrogen) atoms. The second-order valence-electron chi connectivity index (χ2n) is 2.15. The van der Waals surface area contributed by atoms with E-state index < -0.39 is 0 Å². The molecule has 1 N–H and O–H groups in total. The Balaban J connectivity index is 2.94. The molecule has 0 bridgehead atoms. The molecule has 54 valence electrons. The van der Waals surface area contributed by atoms with Gasteiger partial charge in [-0.15, -0.1) is 0 Å². The molecule has 0 aliphatic heterocycles. The van der Waals surface area contributed by atoms with Crippen molar-refractivity contribution in [3.05, 3.63) is 35.0 Å². The van der Waals surface area contributed by atoms with E-state index in [2.05, 4.69) is 15.0 Å². The molecule has 0 fully saturated rings. The number of H-pyrrole nitrogens is 1. The molecule has 2 rings (SSSR count). The van der Waals surface area contributed by atoms with Crippen molar-refractivity contribution in [3.8, 4) is 0 Å². The summed E-state index contributed by atoms with van der Waals surface area (Å²) in [5.74, 6) is 0. The van der Waals surface area contributed by atoms with Crippen LogP contribution in [0.2, 0.25) is 0 Å². The minimum atomic E-state index is -0.142. The third kappa shape index (κ3) is 0.980. The van der Waals surface area contributed by atoms with Crippen molar-refractivity contribution in [2.75, 3.05) is 0 Å². The summed E-state index contributed by atoms with van der Waals surface area (Å²) in [6.07, 6.45) is 3.05. The van der Waals surface area contributed by atoms with Gasteiger partial charge in [0.25, 0.3) is 0 Å². The number of aromatic amines is 1. The highest BCUT2D eigenvalue weighted by Crippen LogP contribution is 2.00. The standard InChI is InChI=1S/C7H5N3O/c11-6-2-1-5-3-8-4-9-7(5)10-6/h1-4H,(H,8,9,10,11). The van der Waals surface area contributed by atoms with Gasteiger partial charge in [-0.2, -0.15) is 0 Å². The number of hydrogen-bond acceptors (Lipinski definition) is 3. The van der Waals surface area contributed by atoms with Crippen molar-refractivity contribution in [1.82, 2.24) is 15.0 Å². The molecular weight excluding hydrogens is 142 g/mol. The molecule has 0 unspecified atom stereocenters. The Morgan fingerprint density at radius 3 is 3.18 bits per heavy atom. The van der Waals surface area contributed by atoms with Gasteiger partial charge < -0.3 is 4.98 Å². The maximum Gasteiger partial charge on any atom is 0.249 e. The van der Waals surface area contributed by atoms with Gasteiger partial charge in [0.05, 0.1) is 0 Å². The highest BCUT2D eigenvalue weighted by atomic mass is 16.1. The van der Waals surface area contributed by atoms with Crippen LogP contribution >= 0.6 is 0 Å². The predicted octanol–water partition coefficient (Wildman–Crippen LogP) is 0.318. The van der Waals surface area contributed by atoms with Crippen LogP contribution in [0.3, 0.4) is 0 Å². The molecule has 0 aliphatic rings. The van der Waals surface area contributed by atoms with E-state index in [1.807, 2.05) is 0 Å². The molecule has 0 saturated carbocycles. The van der Waals surface area contributed by atoms with Gasteiger partial charge in [-0.3, -0.25) is 4.79 Å². The summed E-state index contributed by atoms with van der Waals surface area (Å²) >= 11 is 0. The average Bonchev–Trinajstić information content (AvgIpc) is 2.04. The van der Waals surface area contributed by atoms with Crippen molar-refractivity contribution in [3.63, 3.8) is 0 Å². The fourth-order valence-corrected chi connectivity index (χ4v) is 0.891. The molecule has 2 heterocycles. The zero-order valence-corrected chi connectivity index (χ0v) is 5.61. The Labute approximate surface area is 61.9 Å². The van der Waals surface area contributed by atoms with Crippen LogP contribution in [0.25, 0.3) is 11.0 Å². The fourth-order valence-electron chi connectivity index (χ4n) is 0.891. The van der Waals surface area contributed by atoms with Gasteiger partial charge in [0, 0.05) is 17.6 Å². The molecule has 4 heteroatoms. The van der Waals surface area contributed by atoms with E-state index in [9.17, 15) is 4.79 Å². The molecule has 0 aromatic carbocycles. The van der Waals surface area contributed by atoms with E-state index in [0.29, 0.717) is 5.65 Å². The Morgan fingerprint density at radius 1 is 1.36 bits per heavy atom. The fraction of sp³-hybridized carbons (Fsp3) is 0. The largest absolute Gasteiger partial charge is 0.306 e. The number of fused-ring (bicyclic) bond motifs is 1. The van der Waals surface area contributed by atoms with Crippen LogP contribution < -0.4 is 5.56 Å². The summed E-state index contributed by atoms with van der Waals surface area (Å²) in [5.41, 5.74) is 0.434. The van der Waals surface area contributed by atoms with E-state index in [1.54, 1.807) is 12.3 Å². The first-order chi connectivity index (χ1) is 5.36. The zero-order chi connectivity index (χ0) is 7.68. The van der Waals surface area contributed by atoms with E-state index in [-0.39, 0.29) is 5.56 Å². The molecule has 0 spiro atoms. The van der Waals surface area contributed by atoms with E-state index in [1.165, 1.54) is 12.4 Å². The topological polar surface area (TPSA) is 58.6 Å². The molecule has 0 atom stereocenters. The van der Waals surface area contributed by atoms with Crippen LogP contribution in [0.5, 0.6) is 0 Å². The lowest BCUT2D eigenvalue weighted by molar-refractivity contribution is 1.16. The lowest BCUT2D eigenvalue weighted by Gasteiger charge is -1.91. The third-order valence-electron chi connectivity index (χ3n) is 1.40. The van der Waals surface area contributed by atoms with Gasteiger partial charge >= 0.3 is 0 Å². The lowest BCUT2D eigenvalue weighted by atomic mass is 10.3. The minimum Gasteiger partial charge on any atom is -0.306 e. The summed E-state index contributed by atoms with van der Waals surface area (Å²) in [6.45, 7) is 0. The Morgan fingerprint density at radius 2 is 2.27 bits per heavy atom. The summed E-state index contributed by atoms with van der Waals surface area (Å²) in [7, 11) is 0. The van der Waals surface area contributed by atoms with Gasteiger partial charge in [-0.1, -0.05) is 0 Å². The first kappa shape index (κ1) is 6.03. The first-order valence-electron chi connectivity index (χ1n) is 3.15. The van der Waals surface area contributed by atoms with Crippen LogP contribution in [-0.2, 0) is 0 Å². The maximum atomic E-state index is 10.8. The number of rotatable bonds is 0. The molecule has 0 aliphatic carbocycles. The smallest absolute Gasteiger partial charge is 0.249 e. The summed E-state index contributed by atoms with van der Waals surface area (Å²) < 4.78 is 0. The van der Waals surface area contributed by atoms with Crippen LogP contribution in [-0.4, -0.2) is 15.0 Å². The Kier molecular flexibility index (Phi) is 1.18. The normalized spacial score (nSPS) is 10.2. The predicted molar refractivity (Wildman–Crippen MR) is 40.2 cm³/mol. The Bertz CT molecular complexity index is 435. The van der Waals surface area contributed by atoms with Crippen molar-refractivity contribution in [2.24, 2.45) is 0 Å². The van der Waals surface area contributed by atoms with Crippen LogP contribution in [0.1, 0.15) is 0 Å². The zero-order valence-electron chi connectivity index (χ0n) is 5.61. The first-order valence-corrected chi connectivity index (χ1v) is 3.15. The number of nitrogens with one attached hydrogen (secondary N) is 1. The number of nitrogens with zero attached hydrogens (tertiary/aromatic N) is 2. The Hall–Kier alpha value is -1.71. The van der Waals surface area contributed by atoms with E-state index >= 15 is 0 Å². The van der Waals surface area contributed by atoms with Gasteiger partial charge in [0.15, 0.2) is 0 Å². The number of aromatic nitrogens is 3. The van der Waals surface area contributed by atoms with Gasteiger partial charge in [0.2, 0.25) is 5.56 Å². The van der Waals surface area contributed by atoms with Crippen LogP contribution in [0.15, 0.2) is 29.5 Å². The second kappa shape index (κ2) is 2.16. The average molecular weight is 147 g/mol. The molecule has 0 saturated heterocycles. The third-order valence-corrected chi connectivity index (χ3v) is 1.40. The molecule has 0 radical (unpaired) electrons. The molecule has 4 nitrogen and oxygen atoms in total. The SMILES string of the molecule is O=c1ccc2cncnc2[nH]1. The van der Waals surface area contributed by atoms with Crippen molar-refractivity contribution < 1.29 is 0 Å². The monoisotopic (exact) mass is 147 g/mol. The number of hydrogen-bond donors (Lipinski definition) is 1. The van der Waals surface area contributed by atoms with Crippen LogP contribution in [0.4, 0.5) is 0 Å². The summed E-state index contributed by atoms with van der Waals surface area (Å²) in [5, 5.41) is 0.840. The van der Waals surface area contributed by atoms with E-state index in [0.717, 1.165) is 5.39 Å². The molecule has 2 aromatic heterocycles. The van der Waals surface area contributed by atoms with Gasteiger partial charge in [-0.05, 0) is 6.07 Å². The van der Waals surface area contributed by atoms with Crippen molar-refractivity contribution >= 4 is 11.0 Å². The number of pyridine rings is 1. The molecule has 0 amide bonds. The molecule has 2 aromatic rings. The quantitative estimate of drug-likeness (QED) is 0.583. The lowest BCUT2D eigenvalue weighted by Crippen LogP contribution is -2.03. The minimum absolute atomic E-state index is 0.142. The highest BCUT2D eigenvalue weighted by molar-refractivity contribution is 5.72. The van der Waals surface area contributed by atoms with Crippen LogP contribution in [0, 0.1) is 0 Å². The highest BCUT2D eigenvalue weighted by Gasteiger charge is 1.91.